The third kappa shape index (κ3) is 5.09. The molecule has 0 amide bonds. The lowest BCUT2D eigenvalue weighted by Crippen LogP contribution is -2.37. The first-order chi connectivity index (χ1) is 5.72. The summed E-state index contributed by atoms with van der Waals surface area (Å²) in [6.07, 6.45) is 2.33. The van der Waals surface area contributed by atoms with E-state index in [1.54, 1.807) is 0 Å². The van der Waals surface area contributed by atoms with Gasteiger partial charge in [-0.3, -0.25) is 4.79 Å². The highest BCUT2D eigenvalue weighted by molar-refractivity contribution is 5.73. The van der Waals surface area contributed by atoms with Gasteiger partial charge < -0.3 is 16.2 Å². The minimum absolute atomic E-state index is 0.423. The van der Waals surface area contributed by atoms with E-state index in [2.05, 4.69) is 5.32 Å². The summed E-state index contributed by atoms with van der Waals surface area (Å²) in [6, 6.07) is -0.423. The molecule has 0 aromatic heterocycles. The van der Waals surface area contributed by atoms with Crippen LogP contribution in [0, 0.1) is 0 Å². The van der Waals surface area contributed by atoms with Crippen molar-refractivity contribution in [3.05, 3.63) is 0 Å². The molecule has 0 saturated heterocycles. The monoisotopic (exact) mass is 174 g/mol. The Morgan fingerprint density at radius 1 is 1.67 bits per heavy atom. The molecule has 12 heavy (non-hydrogen) atoms. The molecular formula is C8H18N2O2. The zero-order chi connectivity index (χ0) is 9.40. The number of nitrogens with one attached hydrogen (secondary N) is 1. The average Bonchev–Trinajstić information content (AvgIpc) is 2.04. The molecule has 0 aliphatic rings. The predicted octanol–water partition coefficient (Wildman–Crippen LogP) is 0.178. The lowest BCUT2D eigenvalue weighted by Gasteiger charge is -2.12. The smallest absolute Gasteiger partial charge is 0.320 e. The van der Waals surface area contributed by atoms with E-state index in [0.29, 0.717) is 13.0 Å². The van der Waals surface area contributed by atoms with Gasteiger partial charge in [0, 0.05) is 0 Å². The number of hydrogen-bond acceptors (Lipinski definition) is 3. The van der Waals surface area contributed by atoms with Gasteiger partial charge >= 0.3 is 5.97 Å². The van der Waals surface area contributed by atoms with Crippen molar-refractivity contribution >= 4 is 5.97 Å². The van der Waals surface area contributed by atoms with Crippen LogP contribution in [0.2, 0.25) is 0 Å². The Morgan fingerprint density at radius 3 is 2.75 bits per heavy atom. The van der Waals surface area contributed by atoms with E-state index in [0.717, 1.165) is 19.4 Å². The fourth-order valence-electron chi connectivity index (χ4n) is 0.953. The van der Waals surface area contributed by atoms with Crippen LogP contribution in [0.1, 0.15) is 26.2 Å². The summed E-state index contributed by atoms with van der Waals surface area (Å²) in [5.41, 5.74) is 5.28. The number of hydrogen-bond donors (Lipinski definition) is 3. The Kier molecular flexibility index (Phi) is 6.70. The molecule has 4 nitrogen and oxygen atoms in total. The fourth-order valence-corrected chi connectivity index (χ4v) is 0.953. The highest BCUT2D eigenvalue weighted by Gasteiger charge is 2.14. The first-order valence-corrected chi connectivity index (χ1v) is 4.38. The average molecular weight is 174 g/mol. The van der Waals surface area contributed by atoms with Crippen molar-refractivity contribution in [3.63, 3.8) is 0 Å². The molecule has 1 atom stereocenters. The van der Waals surface area contributed by atoms with Crippen LogP contribution in [0.15, 0.2) is 0 Å². The van der Waals surface area contributed by atoms with E-state index in [1.165, 1.54) is 0 Å². The van der Waals surface area contributed by atoms with Gasteiger partial charge in [0.2, 0.25) is 0 Å². The largest absolute Gasteiger partial charge is 0.480 e. The Labute approximate surface area is 73.1 Å². The van der Waals surface area contributed by atoms with Crippen LogP contribution in [0.3, 0.4) is 0 Å². The third-order valence-corrected chi connectivity index (χ3v) is 1.64. The fraction of sp³-hybridized carbons (Fsp3) is 0.875. The third-order valence-electron chi connectivity index (χ3n) is 1.64. The van der Waals surface area contributed by atoms with Crippen LogP contribution < -0.4 is 11.1 Å². The molecule has 0 aromatic carbocycles. The van der Waals surface area contributed by atoms with E-state index < -0.39 is 12.0 Å². The Balaban J connectivity index is 3.62. The molecule has 1 unspecified atom stereocenters. The highest BCUT2D eigenvalue weighted by atomic mass is 16.4. The SMILES string of the molecule is CCCNC(CCCN)C(=O)O. The predicted molar refractivity (Wildman–Crippen MR) is 48.0 cm³/mol. The minimum Gasteiger partial charge on any atom is -0.480 e. The lowest BCUT2D eigenvalue weighted by molar-refractivity contribution is -0.139. The first kappa shape index (κ1) is 11.4. The number of carbonyl (C=O) groups is 1. The van der Waals surface area contributed by atoms with Gasteiger partial charge in [-0.1, -0.05) is 6.92 Å². The molecule has 4 N–H and O–H groups in total. The van der Waals surface area contributed by atoms with Crippen LogP contribution in [-0.4, -0.2) is 30.2 Å². The van der Waals surface area contributed by atoms with Gasteiger partial charge in [0.25, 0.3) is 0 Å². The number of aliphatic carboxylic acids is 1. The maximum Gasteiger partial charge on any atom is 0.320 e. The van der Waals surface area contributed by atoms with Gasteiger partial charge in [-0.25, -0.2) is 0 Å². The van der Waals surface area contributed by atoms with Crippen LogP contribution in [0.25, 0.3) is 0 Å². The summed E-state index contributed by atoms with van der Waals surface area (Å²) in [5, 5.41) is 11.7. The van der Waals surface area contributed by atoms with E-state index in [1.807, 2.05) is 6.92 Å². The quantitative estimate of drug-likeness (QED) is 0.514. The molecule has 0 saturated carbocycles. The zero-order valence-corrected chi connectivity index (χ0v) is 7.55. The summed E-state index contributed by atoms with van der Waals surface area (Å²) in [7, 11) is 0. The van der Waals surface area contributed by atoms with Crippen molar-refractivity contribution < 1.29 is 9.90 Å². The summed E-state index contributed by atoms with van der Waals surface area (Å²) in [5.74, 6) is -0.781. The van der Waals surface area contributed by atoms with Crippen molar-refractivity contribution in [1.29, 1.82) is 0 Å². The van der Waals surface area contributed by atoms with Crippen LogP contribution in [-0.2, 0) is 4.79 Å². The van der Waals surface area contributed by atoms with Crippen LogP contribution in [0.5, 0.6) is 0 Å². The summed E-state index contributed by atoms with van der Waals surface area (Å²) < 4.78 is 0. The van der Waals surface area contributed by atoms with E-state index in [-0.39, 0.29) is 0 Å². The lowest BCUT2D eigenvalue weighted by atomic mass is 10.1. The molecule has 0 heterocycles. The molecule has 0 aliphatic heterocycles. The molecule has 0 fully saturated rings. The van der Waals surface area contributed by atoms with Crippen molar-refractivity contribution in [1.82, 2.24) is 5.32 Å². The minimum atomic E-state index is -0.781. The standard InChI is InChI=1S/C8H18N2O2/c1-2-6-10-7(8(11)12)4-3-5-9/h7,10H,2-6,9H2,1H3,(H,11,12). The Bertz CT molecular complexity index is 120. The number of carboxylic acids is 1. The summed E-state index contributed by atoms with van der Waals surface area (Å²) in [4.78, 5) is 10.6. The van der Waals surface area contributed by atoms with Gasteiger partial charge in [-0.05, 0) is 32.4 Å². The van der Waals surface area contributed by atoms with Gasteiger partial charge in [0.1, 0.15) is 6.04 Å². The molecule has 0 aromatic rings. The number of rotatable bonds is 7. The molecule has 4 heteroatoms. The van der Waals surface area contributed by atoms with Crippen molar-refractivity contribution in [2.75, 3.05) is 13.1 Å². The molecule has 0 spiro atoms. The second-order valence-corrected chi connectivity index (χ2v) is 2.78. The maximum atomic E-state index is 10.6. The van der Waals surface area contributed by atoms with Gasteiger partial charge in [0.05, 0.1) is 0 Å². The highest BCUT2D eigenvalue weighted by Crippen LogP contribution is 1.96. The zero-order valence-electron chi connectivity index (χ0n) is 7.55. The van der Waals surface area contributed by atoms with Crippen molar-refractivity contribution in [3.8, 4) is 0 Å². The van der Waals surface area contributed by atoms with Crippen molar-refractivity contribution in [2.45, 2.75) is 32.2 Å². The second-order valence-electron chi connectivity index (χ2n) is 2.78. The normalized spacial score (nSPS) is 12.8. The topological polar surface area (TPSA) is 75.3 Å². The Morgan fingerprint density at radius 2 is 2.33 bits per heavy atom. The Hall–Kier alpha value is -0.610. The van der Waals surface area contributed by atoms with Crippen LogP contribution in [0.4, 0.5) is 0 Å². The molecule has 72 valence electrons. The van der Waals surface area contributed by atoms with Gasteiger partial charge in [-0.2, -0.15) is 0 Å². The van der Waals surface area contributed by atoms with E-state index >= 15 is 0 Å². The van der Waals surface area contributed by atoms with Gasteiger partial charge in [-0.15, -0.1) is 0 Å². The molecular weight excluding hydrogens is 156 g/mol. The number of carboxylic acid groups (broad SMARTS) is 1. The van der Waals surface area contributed by atoms with Gasteiger partial charge in [0.15, 0.2) is 0 Å². The summed E-state index contributed by atoms with van der Waals surface area (Å²) in [6.45, 7) is 3.31. The second kappa shape index (κ2) is 7.06. The summed E-state index contributed by atoms with van der Waals surface area (Å²) >= 11 is 0. The van der Waals surface area contributed by atoms with E-state index in [4.69, 9.17) is 10.8 Å². The molecule has 0 radical (unpaired) electrons. The van der Waals surface area contributed by atoms with E-state index in [9.17, 15) is 4.79 Å². The molecule has 0 rings (SSSR count). The molecule has 0 aliphatic carbocycles. The number of nitrogens with two attached hydrogens (primary N) is 1. The first-order valence-electron chi connectivity index (χ1n) is 4.38. The maximum absolute atomic E-state index is 10.6. The molecule has 0 bridgehead atoms. The van der Waals surface area contributed by atoms with Crippen LogP contribution >= 0.6 is 0 Å². The van der Waals surface area contributed by atoms with Crippen molar-refractivity contribution in [2.24, 2.45) is 5.73 Å².